The number of aliphatic hydroxyl groups is 2. The van der Waals surface area contributed by atoms with Crippen LogP contribution in [0.3, 0.4) is 0 Å². The van der Waals surface area contributed by atoms with E-state index in [0.29, 0.717) is 34.3 Å². The maximum Gasteiger partial charge on any atom is 0.305 e. The zero-order valence-corrected chi connectivity index (χ0v) is 20.1. The van der Waals surface area contributed by atoms with Gasteiger partial charge in [-0.15, -0.1) is 0 Å². The van der Waals surface area contributed by atoms with Crippen molar-refractivity contribution < 1.29 is 24.5 Å². The first-order valence-electron chi connectivity index (χ1n) is 11.2. The third-order valence-corrected chi connectivity index (χ3v) is 5.29. The summed E-state index contributed by atoms with van der Waals surface area (Å²) >= 11 is 0. The Balaban J connectivity index is 2.05. The molecule has 0 unspecified atom stereocenters. The molecular weight excluding hydrogens is 453 g/mol. The van der Waals surface area contributed by atoms with Crippen molar-refractivity contribution >= 4 is 23.8 Å². The molecule has 10 heteroatoms. The highest BCUT2D eigenvalue weighted by molar-refractivity contribution is 5.75. The predicted molar refractivity (Wildman–Crippen MR) is 131 cm³/mol. The van der Waals surface area contributed by atoms with Crippen LogP contribution in [0.5, 0.6) is 0 Å². The Morgan fingerprint density at radius 3 is 2.46 bits per heavy atom. The lowest BCUT2D eigenvalue weighted by Crippen LogP contribution is -2.19. The first kappa shape index (κ1) is 26.0. The predicted octanol–water partition coefficient (Wildman–Crippen LogP) is 3.79. The van der Waals surface area contributed by atoms with Gasteiger partial charge in [0, 0.05) is 30.7 Å². The lowest BCUT2D eigenvalue weighted by atomic mass is 9.97. The van der Waals surface area contributed by atoms with Gasteiger partial charge < -0.3 is 20.6 Å². The van der Waals surface area contributed by atoms with Gasteiger partial charge in [-0.2, -0.15) is 5.10 Å². The number of carbonyl (C=O) groups is 1. The first-order valence-corrected chi connectivity index (χ1v) is 11.2. The Morgan fingerprint density at radius 2 is 1.89 bits per heavy atom. The van der Waals surface area contributed by atoms with Crippen LogP contribution >= 0.6 is 0 Å². The molecule has 0 saturated carbocycles. The minimum Gasteiger partial charge on any atom is -0.481 e. The summed E-state index contributed by atoms with van der Waals surface area (Å²) in [5, 5.41) is 36.5. The number of nitrogens with zero attached hydrogens (tertiary/aromatic N) is 4. The number of rotatable bonds is 10. The summed E-state index contributed by atoms with van der Waals surface area (Å²) in [5.41, 5.74) is 3.33. The Labute approximate surface area is 203 Å². The number of aryl methyl sites for hydroxylation is 2. The van der Waals surface area contributed by atoms with E-state index in [-0.39, 0.29) is 18.2 Å². The molecule has 3 rings (SSSR count). The van der Waals surface area contributed by atoms with Crippen molar-refractivity contribution in [2.24, 2.45) is 7.05 Å². The molecule has 9 nitrogen and oxygen atoms in total. The average molecular weight is 484 g/mol. The molecule has 3 aromatic rings. The standard InChI is InChI=1S/C25H30FN5O4/c1-14(2)23-20(10-9-18(32)12-19(33)13-22(34)35)24(16-5-7-17(26)8-6-16)29-25(28-23)27-21-11-15(3)30-31(21)4/h5-11,14,18-19,32-33H,12-13H2,1-4H3,(H,34,35)(H,27,28,29)/t18-,19-/m1/s1. The third-order valence-electron chi connectivity index (χ3n) is 5.29. The summed E-state index contributed by atoms with van der Waals surface area (Å²) in [6, 6.07) is 7.78. The molecule has 0 spiro atoms. The van der Waals surface area contributed by atoms with Crippen LogP contribution in [0.4, 0.5) is 16.2 Å². The van der Waals surface area contributed by atoms with E-state index in [1.807, 2.05) is 26.8 Å². The summed E-state index contributed by atoms with van der Waals surface area (Å²) in [5.74, 6) is -0.510. The average Bonchev–Trinajstić information content (AvgIpc) is 3.08. The maximum atomic E-state index is 13.6. The molecule has 2 atom stereocenters. The quantitative estimate of drug-likeness (QED) is 0.342. The van der Waals surface area contributed by atoms with E-state index < -0.39 is 24.6 Å². The van der Waals surface area contributed by atoms with Crippen molar-refractivity contribution in [3.05, 3.63) is 59.2 Å². The fourth-order valence-electron chi connectivity index (χ4n) is 3.67. The van der Waals surface area contributed by atoms with Gasteiger partial charge in [-0.3, -0.25) is 9.48 Å². The largest absolute Gasteiger partial charge is 0.481 e. The van der Waals surface area contributed by atoms with Gasteiger partial charge in [0.2, 0.25) is 5.95 Å². The maximum absolute atomic E-state index is 13.6. The van der Waals surface area contributed by atoms with Crippen molar-refractivity contribution in [2.75, 3.05) is 5.32 Å². The molecule has 2 aromatic heterocycles. The van der Waals surface area contributed by atoms with Crippen molar-refractivity contribution in [2.45, 2.75) is 51.7 Å². The van der Waals surface area contributed by atoms with Gasteiger partial charge in [-0.05, 0) is 37.1 Å². The molecule has 186 valence electrons. The van der Waals surface area contributed by atoms with Gasteiger partial charge in [0.05, 0.1) is 35.7 Å². The molecule has 0 aliphatic carbocycles. The molecule has 35 heavy (non-hydrogen) atoms. The molecule has 0 radical (unpaired) electrons. The summed E-state index contributed by atoms with van der Waals surface area (Å²) in [4.78, 5) is 20.2. The second-order valence-corrected chi connectivity index (χ2v) is 8.69. The zero-order chi connectivity index (χ0) is 25.7. The Morgan fingerprint density at radius 1 is 1.20 bits per heavy atom. The van der Waals surface area contributed by atoms with Gasteiger partial charge in [0.25, 0.3) is 0 Å². The number of hydrogen-bond donors (Lipinski definition) is 4. The number of anilines is 2. The van der Waals surface area contributed by atoms with Crippen LogP contribution in [0, 0.1) is 12.7 Å². The van der Waals surface area contributed by atoms with E-state index >= 15 is 0 Å². The van der Waals surface area contributed by atoms with Gasteiger partial charge in [-0.25, -0.2) is 14.4 Å². The van der Waals surface area contributed by atoms with E-state index in [9.17, 15) is 19.4 Å². The Bertz CT molecular complexity index is 1210. The molecule has 0 bridgehead atoms. The monoisotopic (exact) mass is 483 g/mol. The summed E-state index contributed by atoms with van der Waals surface area (Å²) < 4.78 is 15.3. The van der Waals surface area contributed by atoms with Crippen LogP contribution in [-0.2, 0) is 11.8 Å². The van der Waals surface area contributed by atoms with Crippen molar-refractivity contribution in [3.63, 3.8) is 0 Å². The second-order valence-electron chi connectivity index (χ2n) is 8.69. The second kappa shape index (κ2) is 11.2. The minimum atomic E-state index is -1.18. The number of carboxylic acids is 1. The molecule has 2 heterocycles. The van der Waals surface area contributed by atoms with Crippen LogP contribution in [0.15, 0.2) is 36.4 Å². The van der Waals surface area contributed by atoms with Crippen LogP contribution in [0.1, 0.15) is 49.6 Å². The van der Waals surface area contributed by atoms with E-state index in [2.05, 4.69) is 10.4 Å². The molecule has 1 aromatic carbocycles. The lowest BCUT2D eigenvalue weighted by Gasteiger charge is -2.17. The highest BCUT2D eigenvalue weighted by atomic mass is 19.1. The normalized spacial score (nSPS) is 13.4. The molecular formula is C25H30FN5O4. The highest BCUT2D eigenvalue weighted by Gasteiger charge is 2.19. The number of aliphatic hydroxyl groups excluding tert-OH is 2. The van der Waals surface area contributed by atoms with Crippen LogP contribution < -0.4 is 5.32 Å². The third kappa shape index (κ3) is 6.93. The summed E-state index contributed by atoms with van der Waals surface area (Å²) in [6.07, 6.45) is 0.273. The number of nitrogens with one attached hydrogen (secondary N) is 1. The van der Waals surface area contributed by atoms with Crippen molar-refractivity contribution in [1.29, 1.82) is 0 Å². The topological polar surface area (TPSA) is 133 Å². The van der Waals surface area contributed by atoms with Crippen LogP contribution in [0.25, 0.3) is 17.3 Å². The fraction of sp³-hybridized carbons (Fsp3) is 0.360. The molecule has 0 saturated heterocycles. The fourth-order valence-corrected chi connectivity index (χ4v) is 3.67. The molecule has 0 aliphatic rings. The Kier molecular flexibility index (Phi) is 8.31. The zero-order valence-electron chi connectivity index (χ0n) is 20.1. The van der Waals surface area contributed by atoms with Crippen molar-refractivity contribution in [1.82, 2.24) is 19.7 Å². The SMILES string of the molecule is Cc1cc(Nc2nc(-c3ccc(F)cc3)c(C=C[C@@H](O)C[C@@H](O)CC(=O)O)c(C(C)C)n2)n(C)n1. The first-order chi connectivity index (χ1) is 16.5. The molecule has 0 fully saturated rings. The number of halogens is 1. The highest BCUT2D eigenvalue weighted by Crippen LogP contribution is 2.31. The molecule has 4 N–H and O–H groups in total. The number of hydrogen-bond acceptors (Lipinski definition) is 7. The van der Waals surface area contributed by atoms with E-state index in [1.54, 1.807) is 29.9 Å². The minimum absolute atomic E-state index is 0.0274. The van der Waals surface area contributed by atoms with Gasteiger partial charge >= 0.3 is 5.97 Å². The Hall–Kier alpha value is -3.63. The van der Waals surface area contributed by atoms with Gasteiger partial charge in [0.1, 0.15) is 11.6 Å². The molecule has 0 amide bonds. The van der Waals surface area contributed by atoms with E-state index in [4.69, 9.17) is 15.1 Å². The van der Waals surface area contributed by atoms with Crippen LogP contribution in [-0.4, -0.2) is 53.2 Å². The van der Waals surface area contributed by atoms with Gasteiger partial charge in [-0.1, -0.05) is 26.0 Å². The smallest absolute Gasteiger partial charge is 0.305 e. The van der Waals surface area contributed by atoms with Crippen LogP contribution in [0.2, 0.25) is 0 Å². The van der Waals surface area contributed by atoms with E-state index in [0.717, 1.165) is 5.69 Å². The van der Waals surface area contributed by atoms with E-state index in [1.165, 1.54) is 18.2 Å². The number of aromatic nitrogens is 4. The summed E-state index contributed by atoms with van der Waals surface area (Å²) in [7, 11) is 1.80. The number of aliphatic carboxylic acids is 1. The van der Waals surface area contributed by atoms with Gasteiger partial charge in [0.15, 0.2) is 0 Å². The number of carboxylic acid groups (broad SMARTS) is 1. The lowest BCUT2D eigenvalue weighted by molar-refractivity contribution is -0.139. The van der Waals surface area contributed by atoms with Crippen molar-refractivity contribution in [3.8, 4) is 11.3 Å². The number of benzene rings is 1. The molecule has 0 aliphatic heterocycles. The summed E-state index contributed by atoms with van der Waals surface area (Å²) in [6.45, 7) is 5.82.